The number of carbonyl (C=O) groups is 1. The zero-order chi connectivity index (χ0) is 15.2. The fourth-order valence-electron chi connectivity index (χ4n) is 1.90. The SMILES string of the molecule is Cc1ccc(CSCC(=O)Nc2ccc(Cl)cc2C)cc1. The Morgan fingerprint density at radius 1 is 1.14 bits per heavy atom. The van der Waals surface area contributed by atoms with Gasteiger partial charge >= 0.3 is 0 Å². The Morgan fingerprint density at radius 2 is 1.86 bits per heavy atom. The van der Waals surface area contributed by atoms with E-state index in [0.717, 1.165) is 17.0 Å². The van der Waals surface area contributed by atoms with Crippen molar-refractivity contribution < 1.29 is 4.79 Å². The van der Waals surface area contributed by atoms with E-state index in [0.29, 0.717) is 10.8 Å². The molecule has 0 saturated carbocycles. The van der Waals surface area contributed by atoms with E-state index >= 15 is 0 Å². The second kappa shape index (κ2) is 7.53. The Kier molecular flexibility index (Phi) is 5.71. The summed E-state index contributed by atoms with van der Waals surface area (Å²) < 4.78 is 0. The molecule has 2 rings (SSSR count). The van der Waals surface area contributed by atoms with Crippen LogP contribution in [-0.4, -0.2) is 11.7 Å². The van der Waals surface area contributed by atoms with Crippen LogP contribution in [0.4, 0.5) is 5.69 Å². The Balaban J connectivity index is 1.81. The van der Waals surface area contributed by atoms with E-state index < -0.39 is 0 Å². The minimum atomic E-state index is 0.0116. The topological polar surface area (TPSA) is 29.1 Å². The lowest BCUT2D eigenvalue weighted by Gasteiger charge is -2.08. The lowest BCUT2D eigenvalue weighted by Crippen LogP contribution is -2.14. The van der Waals surface area contributed by atoms with Crippen LogP contribution in [0.1, 0.15) is 16.7 Å². The molecular formula is C17H18ClNOS. The van der Waals surface area contributed by atoms with E-state index in [4.69, 9.17) is 11.6 Å². The predicted octanol–water partition coefficient (Wildman–Crippen LogP) is 4.83. The summed E-state index contributed by atoms with van der Waals surface area (Å²) in [7, 11) is 0. The maximum atomic E-state index is 11.9. The first-order chi connectivity index (χ1) is 10.0. The van der Waals surface area contributed by atoms with Crippen molar-refractivity contribution in [1.29, 1.82) is 0 Å². The molecule has 0 heterocycles. The Labute approximate surface area is 134 Å². The zero-order valence-electron chi connectivity index (χ0n) is 12.2. The lowest BCUT2D eigenvalue weighted by atomic mass is 10.2. The molecule has 0 aliphatic rings. The van der Waals surface area contributed by atoms with Gasteiger partial charge in [0.1, 0.15) is 0 Å². The van der Waals surface area contributed by atoms with Crippen LogP contribution >= 0.6 is 23.4 Å². The smallest absolute Gasteiger partial charge is 0.234 e. The van der Waals surface area contributed by atoms with E-state index in [1.54, 1.807) is 17.8 Å². The standard InChI is InChI=1S/C17H18ClNOS/c1-12-3-5-14(6-4-12)10-21-11-17(20)19-16-8-7-15(18)9-13(16)2/h3-9H,10-11H2,1-2H3,(H,19,20). The van der Waals surface area contributed by atoms with E-state index in [9.17, 15) is 4.79 Å². The molecule has 2 aromatic rings. The Hall–Kier alpha value is -1.45. The summed E-state index contributed by atoms with van der Waals surface area (Å²) in [5.74, 6) is 1.29. The van der Waals surface area contributed by atoms with E-state index in [2.05, 4.69) is 36.5 Å². The molecule has 2 aromatic carbocycles. The minimum Gasteiger partial charge on any atom is -0.325 e. The van der Waals surface area contributed by atoms with Gasteiger partial charge in [0.05, 0.1) is 5.75 Å². The maximum absolute atomic E-state index is 11.9. The zero-order valence-corrected chi connectivity index (χ0v) is 13.7. The van der Waals surface area contributed by atoms with Crippen molar-refractivity contribution >= 4 is 35.0 Å². The Morgan fingerprint density at radius 3 is 2.52 bits per heavy atom. The molecule has 0 atom stereocenters. The van der Waals surface area contributed by atoms with Crippen molar-refractivity contribution in [3.63, 3.8) is 0 Å². The molecule has 0 aliphatic heterocycles. The van der Waals surface area contributed by atoms with Gasteiger partial charge < -0.3 is 5.32 Å². The molecule has 0 aliphatic carbocycles. The number of anilines is 1. The third-order valence-corrected chi connectivity index (χ3v) is 4.32. The lowest BCUT2D eigenvalue weighted by molar-refractivity contribution is -0.113. The van der Waals surface area contributed by atoms with Crippen LogP contribution < -0.4 is 5.32 Å². The molecule has 0 unspecified atom stereocenters. The highest BCUT2D eigenvalue weighted by Gasteiger charge is 2.05. The van der Waals surface area contributed by atoms with Crippen LogP contribution in [0.15, 0.2) is 42.5 Å². The van der Waals surface area contributed by atoms with Crippen LogP contribution in [-0.2, 0) is 10.5 Å². The van der Waals surface area contributed by atoms with Gasteiger partial charge in [-0.2, -0.15) is 0 Å². The molecule has 0 bridgehead atoms. The third kappa shape index (κ3) is 5.10. The molecule has 0 radical (unpaired) electrons. The maximum Gasteiger partial charge on any atom is 0.234 e. The highest BCUT2D eigenvalue weighted by molar-refractivity contribution is 7.99. The van der Waals surface area contributed by atoms with Crippen molar-refractivity contribution in [1.82, 2.24) is 0 Å². The van der Waals surface area contributed by atoms with E-state index in [1.807, 2.05) is 19.1 Å². The monoisotopic (exact) mass is 319 g/mol. The number of hydrogen-bond acceptors (Lipinski definition) is 2. The predicted molar refractivity (Wildman–Crippen MR) is 92.2 cm³/mol. The molecule has 110 valence electrons. The molecule has 1 N–H and O–H groups in total. The minimum absolute atomic E-state index is 0.0116. The van der Waals surface area contributed by atoms with E-state index in [1.165, 1.54) is 11.1 Å². The molecule has 0 aromatic heterocycles. The van der Waals surface area contributed by atoms with E-state index in [-0.39, 0.29) is 5.91 Å². The average Bonchev–Trinajstić information content (AvgIpc) is 2.44. The summed E-state index contributed by atoms with van der Waals surface area (Å²) in [6, 6.07) is 13.8. The molecule has 21 heavy (non-hydrogen) atoms. The van der Waals surface area contributed by atoms with Crippen LogP contribution in [0, 0.1) is 13.8 Å². The van der Waals surface area contributed by atoms with Gasteiger partial charge in [-0.1, -0.05) is 41.4 Å². The molecule has 0 saturated heterocycles. The quantitative estimate of drug-likeness (QED) is 0.855. The second-order valence-corrected chi connectivity index (χ2v) is 6.41. The first kappa shape index (κ1) is 15.9. The molecule has 1 amide bonds. The normalized spacial score (nSPS) is 10.4. The van der Waals surface area contributed by atoms with Gasteiger partial charge in [0.2, 0.25) is 5.91 Å². The number of thioether (sulfide) groups is 1. The van der Waals surface area contributed by atoms with Gasteiger partial charge in [-0.05, 0) is 43.2 Å². The van der Waals surface area contributed by atoms with Crippen LogP contribution in [0.3, 0.4) is 0 Å². The van der Waals surface area contributed by atoms with Gasteiger partial charge in [0, 0.05) is 16.5 Å². The van der Waals surface area contributed by atoms with Gasteiger partial charge in [0.15, 0.2) is 0 Å². The Bertz CT molecular complexity index is 625. The van der Waals surface area contributed by atoms with Crippen molar-refractivity contribution in [2.45, 2.75) is 19.6 Å². The fraction of sp³-hybridized carbons (Fsp3) is 0.235. The van der Waals surface area contributed by atoms with Crippen molar-refractivity contribution in [2.75, 3.05) is 11.1 Å². The van der Waals surface area contributed by atoms with Crippen LogP contribution in [0.2, 0.25) is 5.02 Å². The third-order valence-electron chi connectivity index (χ3n) is 3.09. The van der Waals surface area contributed by atoms with Crippen LogP contribution in [0.25, 0.3) is 0 Å². The number of amides is 1. The number of carbonyl (C=O) groups excluding carboxylic acids is 1. The largest absolute Gasteiger partial charge is 0.325 e. The molecular weight excluding hydrogens is 302 g/mol. The van der Waals surface area contributed by atoms with Crippen LogP contribution in [0.5, 0.6) is 0 Å². The number of aryl methyl sites for hydroxylation is 2. The average molecular weight is 320 g/mol. The van der Waals surface area contributed by atoms with Crippen molar-refractivity contribution in [3.05, 3.63) is 64.2 Å². The molecule has 4 heteroatoms. The highest BCUT2D eigenvalue weighted by Crippen LogP contribution is 2.20. The summed E-state index contributed by atoms with van der Waals surface area (Å²) in [5, 5.41) is 3.59. The second-order valence-electron chi connectivity index (χ2n) is 4.99. The number of rotatable bonds is 5. The van der Waals surface area contributed by atoms with Gasteiger partial charge in [-0.25, -0.2) is 0 Å². The molecule has 0 fully saturated rings. The molecule has 0 spiro atoms. The summed E-state index contributed by atoms with van der Waals surface area (Å²) in [6.07, 6.45) is 0. The van der Waals surface area contributed by atoms with Gasteiger partial charge in [0.25, 0.3) is 0 Å². The van der Waals surface area contributed by atoms with Gasteiger partial charge in [-0.15, -0.1) is 11.8 Å². The summed E-state index contributed by atoms with van der Waals surface area (Å²) in [4.78, 5) is 11.9. The molecule has 2 nitrogen and oxygen atoms in total. The van der Waals surface area contributed by atoms with Crippen molar-refractivity contribution in [2.24, 2.45) is 0 Å². The summed E-state index contributed by atoms with van der Waals surface area (Å²) in [5.41, 5.74) is 4.28. The number of benzene rings is 2. The summed E-state index contributed by atoms with van der Waals surface area (Å²) >= 11 is 7.51. The first-order valence-electron chi connectivity index (χ1n) is 6.74. The number of hydrogen-bond donors (Lipinski definition) is 1. The van der Waals surface area contributed by atoms with Crippen molar-refractivity contribution in [3.8, 4) is 0 Å². The summed E-state index contributed by atoms with van der Waals surface area (Å²) in [6.45, 7) is 4.00. The number of halogens is 1. The number of nitrogens with one attached hydrogen (secondary N) is 1. The van der Waals surface area contributed by atoms with Gasteiger partial charge in [-0.3, -0.25) is 4.79 Å². The fourth-order valence-corrected chi connectivity index (χ4v) is 2.91. The highest BCUT2D eigenvalue weighted by atomic mass is 35.5. The first-order valence-corrected chi connectivity index (χ1v) is 8.27.